The van der Waals surface area contributed by atoms with E-state index in [0.717, 1.165) is 5.56 Å². The van der Waals surface area contributed by atoms with Crippen LogP contribution in [0, 0.1) is 0 Å². The topological polar surface area (TPSA) is 81.4 Å². The van der Waals surface area contributed by atoms with E-state index in [1.807, 2.05) is 18.2 Å². The van der Waals surface area contributed by atoms with Crippen molar-refractivity contribution in [2.45, 2.75) is 6.54 Å². The average Bonchev–Trinajstić information content (AvgIpc) is 2.35. The van der Waals surface area contributed by atoms with Crippen LogP contribution < -0.4 is 15.8 Å². The first kappa shape index (κ1) is 12.2. The normalized spacial score (nSPS) is 9.62. The van der Waals surface area contributed by atoms with Crippen LogP contribution in [0.5, 0.6) is 5.75 Å². The molecule has 16 heavy (non-hydrogen) atoms. The lowest BCUT2D eigenvalue weighted by molar-refractivity contribution is -0.137. The molecule has 3 N–H and O–H groups in total. The van der Waals surface area contributed by atoms with Crippen molar-refractivity contribution in [2.24, 2.45) is 5.73 Å². The Bertz CT molecular complexity index is 391. The molecule has 1 aromatic rings. The number of ketones is 1. The highest BCUT2D eigenvalue weighted by atomic mass is 16.5. The van der Waals surface area contributed by atoms with Crippen LogP contribution in [0.25, 0.3) is 0 Å². The van der Waals surface area contributed by atoms with E-state index in [0.29, 0.717) is 5.75 Å². The third kappa shape index (κ3) is 3.06. The fourth-order valence-corrected chi connectivity index (χ4v) is 1.22. The lowest BCUT2D eigenvalue weighted by atomic mass is 10.2. The lowest BCUT2D eigenvalue weighted by Gasteiger charge is -2.08. The smallest absolute Gasteiger partial charge is 0.289 e. The molecule has 0 saturated carbocycles. The van der Waals surface area contributed by atoms with Crippen molar-refractivity contribution < 1.29 is 14.3 Å². The van der Waals surface area contributed by atoms with Crippen LogP contribution in [0.4, 0.5) is 0 Å². The predicted octanol–water partition coefficient (Wildman–Crippen LogP) is -0.161. The van der Waals surface area contributed by atoms with Crippen LogP contribution in [0.2, 0.25) is 0 Å². The maximum absolute atomic E-state index is 11.2. The molecule has 0 spiro atoms. The molecule has 0 radical (unpaired) electrons. The molecule has 5 heteroatoms. The van der Waals surface area contributed by atoms with Gasteiger partial charge in [-0.15, -0.1) is 0 Å². The van der Waals surface area contributed by atoms with E-state index in [1.54, 1.807) is 13.2 Å². The first-order chi connectivity index (χ1) is 7.69. The molecular weight excluding hydrogens is 208 g/mol. The Morgan fingerprint density at radius 1 is 1.38 bits per heavy atom. The number of para-hydroxylation sites is 1. The number of Topliss-reactive ketones (excluding diaryl/α,β-unsaturated/α-hetero) is 1. The van der Waals surface area contributed by atoms with Crippen LogP contribution in [0.15, 0.2) is 24.3 Å². The molecule has 0 aliphatic heterocycles. The number of ether oxygens (including phenoxy) is 1. The molecule has 0 aromatic heterocycles. The van der Waals surface area contributed by atoms with Gasteiger partial charge >= 0.3 is 0 Å². The summed E-state index contributed by atoms with van der Waals surface area (Å²) in [6.45, 7) is -0.0354. The van der Waals surface area contributed by atoms with Gasteiger partial charge in [-0.25, -0.2) is 0 Å². The number of nitrogens with two attached hydrogens (primary N) is 1. The van der Waals surface area contributed by atoms with Crippen LogP contribution >= 0.6 is 0 Å². The van der Waals surface area contributed by atoms with Gasteiger partial charge in [0, 0.05) is 12.1 Å². The zero-order valence-electron chi connectivity index (χ0n) is 9.03. The molecule has 0 aliphatic carbocycles. The molecule has 1 rings (SSSR count). The minimum Gasteiger partial charge on any atom is -0.496 e. The fourth-order valence-electron chi connectivity index (χ4n) is 1.22. The zero-order chi connectivity index (χ0) is 12.0. The van der Waals surface area contributed by atoms with Gasteiger partial charge < -0.3 is 15.8 Å². The number of carbonyl (C=O) groups excluding carboxylic acids is 2. The van der Waals surface area contributed by atoms with Gasteiger partial charge in [-0.2, -0.15) is 0 Å². The van der Waals surface area contributed by atoms with Crippen molar-refractivity contribution >= 4 is 11.7 Å². The van der Waals surface area contributed by atoms with Crippen molar-refractivity contribution in [3.8, 4) is 5.75 Å². The Hall–Kier alpha value is -1.88. The van der Waals surface area contributed by atoms with Crippen molar-refractivity contribution in [2.75, 3.05) is 13.7 Å². The molecule has 0 aliphatic rings. The van der Waals surface area contributed by atoms with Crippen molar-refractivity contribution in [1.82, 2.24) is 5.32 Å². The molecule has 0 bridgehead atoms. The number of methoxy groups -OCH3 is 1. The lowest BCUT2D eigenvalue weighted by Crippen LogP contribution is -2.34. The van der Waals surface area contributed by atoms with Gasteiger partial charge in [-0.05, 0) is 6.07 Å². The summed E-state index contributed by atoms with van der Waals surface area (Å²) in [7, 11) is 1.55. The number of amides is 1. The first-order valence-electron chi connectivity index (χ1n) is 4.82. The van der Waals surface area contributed by atoms with E-state index in [-0.39, 0.29) is 13.1 Å². The van der Waals surface area contributed by atoms with Gasteiger partial charge in [-0.1, -0.05) is 18.2 Å². The molecule has 0 atom stereocenters. The van der Waals surface area contributed by atoms with Gasteiger partial charge in [0.25, 0.3) is 5.91 Å². The maximum Gasteiger partial charge on any atom is 0.289 e. The molecule has 1 aromatic carbocycles. The summed E-state index contributed by atoms with van der Waals surface area (Å²) in [6, 6.07) is 7.25. The predicted molar refractivity (Wildman–Crippen MR) is 58.9 cm³/mol. The number of benzene rings is 1. The Balaban J connectivity index is 2.61. The Kier molecular flexibility index (Phi) is 4.47. The molecule has 86 valence electrons. The summed E-state index contributed by atoms with van der Waals surface area (Å²) >= 11 is 0. The maximum atomic E-state index is 11.2. The van der Waals surface area contributed by atoms with E-state index in [2.05, 4.69) is 5.32 Å². The number of rotatable bonds is 5. The van der Waals surface area contributed by atoms with Crippen molar-refractivity contribution in [3.63, 3.8) is 0 Å². The highest BCUT2D eigenvalue weighted by molar-refractivity contribution is 6.36. The largest absolute Gasteiger partial charge is 0.496 e. The second kappa shape index (κ2) is 5.87. The number of hydrogen-bond acceptors (Lipinski definition) is 4. The van der Waals surface area contributed by atoms with Gasteiger partial charge in [0.2, 0.25) is 5.78 Å². The minimum absolute atomic E-state index is 0.245. The fraction of sp³-hybridized carbons (Fsp3) is 0.273. The molecular formula is C11H14N2O3. The average molecular weight is 222 g/mol. The molecule has 1 amide bonds. The standard InChI is InChI=1S/C11H14N2O3/c1-16-10-5-3-2-4-8(10)7-13-11(15)9(14)6-12/h2-5H,6-7,12H2,1H3,(H,13,15). The summed E-state index contributed by atoms with van der Waals surface area (Å²) in [4.78, 5) is 22.1. The van der Waals surface area contributed by atoms with Crippen LogP contribution in [0.1, 0.15) is 5.56 Å². The van der Waals surface area contributed by atoms with Crippen LogP contribution in [0.3, 0.4) is 0 Å². The van der Waals surface area contributed by atoms with E-state index >= 15 is 0 Å². The summed E-state index contributed by atoms with van der Waals surface area (Å²) < 4.78 is 5.10. The molecule has 0 saturated heterocycles. The van der Waals surface area contributed by atoms with E-state index < -0.39 is 11.7 Å². The summed E-state index contributed by atoms with van der Waals surface area (Å²) in [5.74, 6) is -0.633. The van der Waals surface area contributed by atoms with Crippen molar-refractivity contribution in [3.05, 3.63) is 29.8 Å². The summed E-state index contributed by atoms with van der Waals surface area (Å²) in [6.07, 6.45) is 0. The van der Waals surface area contributed by atoms with Gasteiger partial charge in [-0.3, -0.25) is 9.59 Å². The van der Waals surface area contributed by atoms with Gasteiger partial charge in [0.15, 0.2) is 0 Å². The number of nitrogens with one attached hydrogen (secondary N) is 1. The van der Waals surface area contributed by atoms with Crippen LogP contribution in [-0.4, -0.2) is 25.3 Å². The third-order valence-electron chi connectivity index (χ3n) is 2.07. The first-order valence-corrected chi connectivity index (χ1v) is 4.82. The quantitative estimate of drug-likeness (QED) is 0.678. The highest BCUT2D eigenvalue weighted by Gasteiger charge is 2.11. The molecule has 0 heterocycles. The Labute approximate surface area is 93.6 Å². The van der Waals surface area contributed by atoms with E-state index in [9.17, 15) is 9.59 Å². The third-order valence-corrected chi connectivity index (χ3v) is 2.07. The van der Waals surface area contributed by atoms with Crippen molar-refractivity contribution in [1.29, 1.82) is 0 Å². The number of hydrogen-bond donors (Lipinski definition) is 2. The Morgan fingerprint density at radius 3 is 2.69 bits per heavy atom. The number of carbonyl (C=O) groups is 2. The zero-order valence-corrected chi connectivity index (χ0v) is 9.03. The SMILES string of the molecule is COc1ccccc1CNC(=O)C(=O)CN. The summed E-state index contributed by atoms with van der Waals surface area (Å²) in [5.41, 5.74) is 5.87. The van der Waals surface area contributed by atoms with E-state index in [4.69, 9.17) is 10.5 Å². The highest BCUT2D eigenvalue weighted by Crippen LogP contribution is 2.16. The van der Waals surface area contributed by atoms with Crippen LogP contribution in [-0.2, 0) is 16.1 Å². The monoisotopic (exact) mass is 222 g/mol. The Morgan fingerprint density at radius 2 is 2.06 bits per heavy atom. The molecule has 5 nitrogen and oxygen atoms in total. The molecule has 0 unspecified atom stereocenters. The minimum atomic E-state index is -0.673. The molecule has 0 fully saturated rings. The second-order valence-electron chi connectivity index (χ2n) is 3.12. The van der Waals surface area contributed by atoms with E-state index in [1.165, 1.54) is 0 Å². The summed E-state index contributed by atoms with van der Waals surface area (Å²) in [5, 5.41) is 2.48. The van der Waals surface area contributed by atoms with Gasteiger partial charge in [0.1, 0.15) is 5.75 Å². The van der Waals surface area contributed by atoms with Gasteiger partial charge in [0.05, 0.1) is 13.7 Å². The second-order valence-corrected chi connectivity index (χ2v) is 3.12.